The summed E-state index contributed by atoms with van der Waals surface area (Å²) in [6, 6.07) is 13.0. The van der Waals surface area contributed by atoms with E-state index in [4.69, 9.17) is 10.2 Å². The van der Waals surface area contributed by atoms with Crippen LogP contribution >= 0.6 is 0 Å². The Morgan fingerprint density at radius 2 is 1.18 bits per heavy atom. The molecule has 0 radical (unpaired) electrons. The van der Waals surface area contributed by atoms with E-state index in [0.717, 1.165) is 61.5 Å². The van der Waals surface area contributed by atoms with Crippen molar-refractivity contribution in [1.82, 2.24) is 15.1 Å². The first kappa shape index (κ1) is 32.8. The van der Waals surface area contributed by atoms with Crippen molar-refractivity contribution in [3.05, 3.63) is 83.4 Å². The second kappa shape index (κ2) is 14.2. The van der Waals surface area contributed by atoms with Crippen molar-refractivity contribution >= 4 is 17.8 Å². The maximum atomic E-state index is 13.7. The minimum absolute atomic E-state index is 0.0360. The molecule has 4 bridgehead atoms. The molecule has 7 rings (SSSR count). The molecule has 10 heteroatoms. The van der Waals surface area contributed by atoms with Crippen molar-refractivity contribution in [3.63, 3.8) is 0 Å². The molecule has 4 aliphatic carbocycles. The van der Waals surface area contributed by atoms with Gasteiger partial charge in [-0.2, -0.15) is 0 Å². The molecule has 5 aliphatic rings. The summed E-state index contributed by atoms with van der Waals surface area (Å²) < 4.78 is 27.4. The average molecular weight is 624 g/mol. The van der Waals surface area contributed by atoms with Crippen LogP contribution in [0.4, 0.5) is 8.78 Å². The van der Waals surface area contributed by atoms with E-state index in [1.165, 1.54) is 62.8 Å². The predicted octanol–water partition coefficient (Wildman–Crippen LogP) is 5.25. The van der Waals surface area contributed by atoms with Gasteiger partial charge in [-0.3, -0.25) is 14.6 Å². The standard InChI is InChI=1S/C31H39F2N3O.C4H4O4/c1-21(30(37)34-31-18-22-15-23(19-31)17-24(16-22)20-31)35-11-2-12-36(14-13-35)29(25-3-7-27(32)8-4-25)26-5-9-28(33)10-6-26;5-3(6)1-2-4(7)8/h3-10,21-24,29H,2,11-20H2,1H3,(H,34,37);1-2H,(H,5,6)(H,7,8)/b;2-1-. The average Bonchev–Trinajstić information content (AvgIpc) is 3.23. The lowest BCUT2D eigenvalue weighted by molar-refractivity contribution is -0.134. The van der Waals surface area contributed by atoms with Crippen LogP contribution in [0.15, 0.2) is 60.7 Å². The molecule has 1 amide bonds. The first-order valence-electron chi connectivity index (χ1n) is 16.0. The highest BCUT2D eigenvalue weighted by molar-refractivity contribution is 5.89. The summed E-state index contributed by atoms with van der Waals surface area (Å²) in [6.07, 6.45) is 9.67. The molecule has 2 aromatic rings. The van der Waals surface area contributed by atoms with Crippen LogP contribution in [0.1, 0.15) is 69.0 Å². The number of halogens is 2. The summed E-state index contributed by atoms with van der Waals surface area (Å²) in [6.45, 7) is 5.36. The fourth-order valence-electron chi connectivity index (χ4n) is 8.45. The third kappa shape index (κ3) is 8.35. The second-order valence-electron chi connectivity index (χ2n) is 13.3. The zero-order chi connectivity index (χ0) is 32.1. The Balaban J connectivity index is 0.000000444. The Kier molecular flexibility index (Phi) is 10.3. The van der Waals surface area contributed by atoms with Crippen LogP contribution in [0.5, 0.6) is 0 Å². The summed E-state index contributed by atoms with van der Waals surface area (Å²) in [5, 5.41) is 19.2. The predicted molar refractivity (Wildman–Crippen MR) is 165 cm³/mol. The van der Waals surface area contributed by atoms with Gasteiger partial charge in [-0.1, -0.05) is 24.3 Å². The Morgan fingerprint density at radius 3 is 1.62 bits per heavy atom. The van der Waals surface area contributed by atoms with E-state index in [9.17, 15) is 23.2 Å². The Hall–Kier alpha value is -3.63. The SMILES string of the molecule is CC(C(=O)NC12CC3CC(CC(C3)C1)C2)N1CCCN(C(c2ccc(F)cc2)c2ccc(F)cc2)CC1.O=C(O)/C=C\C(=O)O. The number of carbonyl (C=O) groups excluding carboxylic acids is 1. The summed E-state index contributed by atoms with van der Waals surface area (Å²) in [5.41, 5.74) is 2.02. The van der Waals surface area contributed by atoms with Crippen LogP contribution in [0.3, 0.4) is 0 Å². The van der Waals surface area contributed by atoms with Gasteiger partial charge in [0, 0.05) is 43.9 Å². The normalized spacial score (nSPS) is 27.1. The molecule has 4 saturated carbocycles. The number of rotatable bonds is 8. The molecule has 3 N–H and O–H groups in total. The maximum absolute atomic E-state index is 13.7. The van der Waals surface area contributed by atoms with Crippen molar-refractivity contribution in [1.29, 1.82) is 0 Å². The summed E-state index contributed by atoms with van der Waals surface area (Å²) >= 11 is 0. The molecule has 0 aromatic heterocycles. The van der Waals surface area contributed by atoms with Crippen molar-refractivity contribution in [2.75, 3.05) is 26.2 Å². The van der Waals surface area contributed by atoms with Gasteiger partial charge in [0.15, 0.2) is 0 Å². The van der Waals surface area contributed by atoms with Crippen molar-refractivity contribution < 1.29 is 33.4 Å². The minimum atomic E-state index is -1.26. The summed E-state index contributed by atoms with van der Waals surface area (Å²) in [7, 11) is 0. The van der Waals surface area contributed by atoms with E-state index in [1.54, 1.807) is 0 Å². The molecule has 45 heavy (non-hydrogen) atoms. The highest BCUT2D eigenvalue weighted by Crippen LogP contribution is 2.55. The smallest absolute Gasteiger partial charge is 0.328 e. The molecule has 8 nitrogen and oxygen atoms in total. The molecule has 5 fully saturated rings. The van der Waals surface area contributed by atoms with Gasteiger partial charge < -0.3 is 15.5 Å². The topological polar surface area (TPSA) is 110 Å². The van der Waals surface area contributed by atoms with Gasteiger partial charge in [0.2, 0.25) is 5.91 Å². The number of nitrogens with zero attached hydrogens (tertiary/aromatic N) is 2. The van der Waals surface area contributed by atoms with E-state index in [2.05, 4.69) is 22.0 Å². The first-order valence-corrected chi connectivity index (χ1v) is 16.0. The highest BCUT2D eigenvalue weighted by Gasteiger charge is 2.51. The molecule has 1 saturated heterocycles. The van der Waals surface area contributed by atoms with Crippen molar-refractivity contribution in [3.8, 4) is 0 Å². The molecule has 242 valence electrons. The Morgan fingerprint density at radius 1 is 0.756 bits per heavy atom. The number of hydrogen-bond donors (Lipinski definition) is 3. The first-order chi connectivity index (χ1) is 21.5. The van der Waals surface area contributed by atoms with E-state index in [1.807, 2.05) is 24.3 Å². The minimum Gasteiger partial charge on any atom is -0.478 e. The fraction of sp³-hybridized carbons (Fsp3) is 0.514. The van der Waals surface area contributed by atoms with Gasteiger partial charge in [-0.15, -0.1) is 0 Å². The lowest BCUT2D eigenvalue weighted by Crippen LogP contribution is -2.62. The lowest BCUT2D eigenvalue weighted by Gasteiger charge is -2.57. The molecule has 1 aliphatic heterocycles. The van der Waals surface area contributed by atoms with Crippen molar-refractivity contribution in [2.45, 2.75) is 69.5 Å². The van der Waals surface area contributed by atoms with Crippen LogP contribution in [-0.2, 0) is 14.4 Å². The fourth-order valence-corrected chi connectivity index (χ4v) is 8.45. The van der Waals surface area contributed by atoms with E-state index < -0.39 is 11.9 Å². The lowest BCUT2D eigenvalue weighted by atomic mass is 9.53. The van der Waals surface area contributed by atoms with E-state index in [-0.39, 0.29) is 35.2 Å². The van der Waals surface area contributed by atoms with Crippen LogP contribution in [0.2, 0.25) is 0 Å². The number of carbonyl (C=O) groups is 3. The van der Waals surface area contributed by atoms with Gasteiger partial charge in [0.1, 0.15) is 11.6 Å². The third-order valence-corrected chi connectivity index (χ3v) is 10.0. The van der Waals surface area contributed by atoms with Gasteiger partial charge in [0.25, 0.3) is 0 Å². The molecule has 1 unspecified atom stereocenters. The van der Waals surface area contributed by atoms with Crippen LogP contribution < -0.4 is 5.32 Å². The molecule has 1 heterocycles. The third-order valence-electron chi connectivity index (χ3n) is 10.0. The number of carboxylic acid groups (broad SMARTS) is 2. The van der Waals surface area contributed by atoms with Crippen LogP contribution in [-0.4, -0.2) is 75.6 Å². The molecular weight excluding hydrogens is 580 g/mol. The van der Waals surface area contributed by atoms with E-state index >= 15 is 0 Å². The van der Waals surface area contributed by atoms with Gasteiger partial charge in [0.05, 0.1) is 12.1 Å². The molecule has 2 aromatic carbocycles. The van der Waals surface area contributed by atoms with Crippen LogP contribution in [0.25, 0.3) is 0 Å². The van der Waals surface area contributed by atoms with Crippen molar-refractivity contribution in [2.24, 2.45) is 17.8 Å². The second-order valence-corrected chi connectivity index (χ2v) is 13.3. The molecule has 0 spiro atoms. The zero-order valence-electron chi connectivity index (χ0n) is 25.7. The maximum Gasteiger partial charge on any atom is 0.328 e. The molecule has 1 atom stereocenters. The zero-order valence-corrected chi connectivity index (χ0v) is 25.7. The van der Waals surface area contributed by atoms with E-state index in [0.29, 0.717) is 12.2 Å². The Bertz CT molecular complexity index is 1280. The number of aliphatic carboxylic acids is 2. The van der Waals surface area contributed by atoms with Crippen LogP contribution in [0, 0.1) is 29.4 Å². The van der Waals surface area contributed by atoms with Gasteiger partial charge in [-0.25, -0.2) is 18.4 Å². The monoisotopic (exact) mass is 623 g/mol. The number of nitrogens with one attached hydrogen (secondary N) is 1. The largest absolute Gasteiger partial charge is 0.478 e. The van der Waals surface area contributed by atoms with Gasteiger partial charge >= 0.3 is 11.9 Å². The quantitative estimate of drug-likeness (QED) is 0.345. The number of benzene rings is 2. The number of hydrogen-bond acceptors (Lipinski definition) is 5. The summed E-state index contributed by atoms with van der Waals surface area (Å²) in [4.78, 5) is 37.3. The number of carboxylic acids is 2. The highest BCUT2D eigenvalue weighted by atomic mass is 19.1. The van der Waals surface area contributed by atoms with Gasteiger partial charge in [-0.05, 0) is 105 Å². The Labute approximate surface area is 263 Å². The molecular formula is C35H43F2N3O5. The number of amides is 1. The summed E-state index contributed by atoms with van der Waals surface area (Å²) in [5.74, 6) is -0.427.